The van der Waals surface area contributed by atoms with Crippen molar-refractivity contribution in [3.8, 4) is 17.1 Å². The number of hydrogen-bond donors (Lipinski definition) is 1. The molecule has 34 heavy (non-hydrogen) atoms. The van der Waals surface area contributed by atoms with Crippen LogP contribution in [0.3, 0.4) is 0 Å². The molecule has 1 amide bonds. The van der Waals surface area contributed by atoms with Crippen LogP contribution < -0.4 is 10.1 Å². The number of nitrogens with zero attached hydrogens (tertiary/aromatic N) is 3. The lowest BCUT2D eigenvalue weighted by Crippen LogP contribution is -2.40. The summed E-state index contributed by atoms with van der Waals surface area (Å²) in [6.45, 7) is 3.06. The van der Waals surface area contributed by atoms with Gasteiger partial charge in [0.15, 0.2) is 0 Å². The third kappa shape index (κ3) is 7.08. The van der Waals surface area contributed by atoms with E-state index in [1.165, 1.54) is 5.56 Å². The van der Waals surface area contributed by atoms with E-state index in [1.54, 1.807) is 7.11 Å². The van der Waals surface area contributed by atoms with Crippen molar-refractivity contribution in [1.82, 2.24) is 20.4 Å². The molecule has 0 radical (unpaired) electrons. The van der Waals surface area contributed by atoms with Crippen molar-refractivity contribution < 1.29 is 14.1 Å². The number of nitrogens with one attached hydrogen (secondary N) is 1. The zero-order chi connectivity index (χ0) is 23.6. The van der Waals surface area contributed by atoms with E-state index >= 15 is 0 Å². The average Bonchev–Trinajstić information content (AvgIpc) is 3.35. The zero-order valence-electron chi connectivity index (χ0n) is 19.6. The Balaban J connectivity index is 1.12. The molecule has 1 N–H and O–H groups in total. The smallest absolute Gasteiger partial charge is 0.241 e. The van der Waals surface area contributed by atoms with Gasteiger partial charge in [0, 0.05) is 23.8 Å². The molecule has 1 aliphatic rings. The molecule has 1 saturated heterocycles. The monoisotopic (exact) mass is 480 g/mol. The topological polar surface area (TPSA) is 80.5 Å². The fraction of sp³-hybridized carbons (Fsp3) is 0.423. The molecule has 2 aromatic carbocycles. The van der Waals surface area contributed by atoms with Gasteiger partial charge in [-0.05, 0) is 67.9 Å². The van der Waals surface area contributed by atoms with E-state index in [0.717, 1.165) is 61.7 Å². The van der Waals surface area contributed by atoms with Crippen LogP contribution in [0.5, 0.6) is 5.75 Å². The number of methoxy groups -OCH3 is 1. The number of ether oxygens (including phenoxy) is 1. The second-order valence-electron chi connectivity index (χ2n) is 8.47. The molecule has 4 rings (SSSR count). The second kappa shape index (κ2) is 12.6. The summed E-state index contributed by atoms with van der Waals surface area (Å²) >= 11 is 1.91. The maximum Gasteiger partial charge on any atom is 0.241 e. The van der Waals surface area contributed by atoms with Crippen molar-refractivity contribution in [3.63, 3.8) is 0 Å². The zero-order valence-corrected chi connectivity index (χ0v) is 20.4. The van der Waals surface area contributed by atoms with Gasteiger partial charge in [0.1, 0.15) is 5.75 Å². The number of aromatic nitrogens is 2. The maximum absolute atomic E-state index is 12.5. The van der Waals surface area contributed by atoms with Crippen LogP contribution in [0, 0.1) is 5.92 Å². The van der Waals surface area contributed by atoms with E-state index in [0.29, 0.717) is 18.3 Å². The number of hydrogen-bond acceptors (Lipinski definition) is 7. The first-order valence-electron chi connectivity index (χ1n) is 11.8. The van der Waals surface area contributed by atoms with Crippen molar-refractivity contribution >= 4 is 17.7 Å². The molecule has 7 nitrogen and oxygen atoms in total. The fourth-order valence-electron chi connectivity index (χ4n) is 4.02. The molecule has 0 saturated carbocycles. The average molecular weight is 481 g/mol. The lowest BCUT2D eigenvalue weighted by molar-refractivity contribution is -0.126. The Labute approximate surface area is 205 Å². The van der Waals surface area contributed by atoms with E-state index in [1.807, 2.05) is 42.1 Å². The van der Waals surface area contributed by atoms with Crippen LogP contribution in [0.4, 0.5) is 0 Å². The van der Waals surface area contributed by atoms with Crippen molar-refractivity contribution in [3.05, 3.63) is 66.1 Å². The van der Waals surface area contributed by atoms with Crippen molar-refractivity contribution in [1.29, 1.82) is 0 Å². The molecule has 0 spiro atoms. The molecule has 0 bridgehead atoms. The fourth-order valence-corrected chi connectivity index (χ4v) is 4.94. The SMILES string of the molecule is COc1ccc(-c2noc(CN3CCC(C(=O)NCCCSCc4ccccc4)CC3)n2)cc1. The minimum Gasteiger partial charge on any atom is -0.497 e. The molecule has 1 fully saturated rings. The van der Waals surface area contributed by atoms with Gasteiger partial charge < -0.3 is 14.6 Å². The number of thioether (sulfide) groups is 1. The van der Waals surface area contributed by atoms with Gasteiger partial charge in [0.05, 0.1) is 13.7 Å². The Hall–Kier alpha value is -2.84. The van der Waals surface area contributed by atoms with E-state index in [9.17, 15) is 4.79 Å². The molecule has 180 valence electrons. The molecular formula is C26H32N4O3S. The van der Waals surface area contributed by atoms with Gasteiger partial charge in [-0.15, -0.1) is 0 Å². The summed E-state index contributed by atoms with van der Waals surface area (Å²) in [5.41, 5.74) is 2.24. The van der Waals surface area contributed by atoms with Crippen molar-refractivity contribution in [2.45, 2.75) is 31.6 Å². The molecule has 3 aromatic rings. The highest BCUT2D eigenvalue weighted by molar-refractivity contribution is 7.98. The highest BCUT2D eigenvalue weighted by atomic mass is 32.2. The number of carbonyl (C=O) groups excluding carboxylic acids is 1. The maximum atomic E-state index is 12.5. The largest absolute Gasteiger partial charge is 0.497 e. The highest BCUT2D eigenvalue weighted by Gasteiger charge is 2.25. The van der Waals surface area contributed by atoms with Gasteiger partial charge in [0.25, 0.3) is 0 Å². The molecule has 0 unspecified atom stereocenters. The van der Waals surface area contributed by atoms with Gasteiger partial charge in [-0.3, -0.25) is 9.69 Å². The Bertz CT molecular complexity index is 1020. The van der Waals surface area contributed by atoms with Gasteiger partial charge in [0.2, 0.25) is 17.6 Å². The predicted octanol–water partition coefficient (Wildman–Crippen LogP) is 4.40. The Kier molecular flexibility index (Phi) is 8.98. The summed E-state index contributed by atoms with van der Waals surface area (Å²) in [7, 11) is 1.64. The number of piperidine rings is 1. The predicted molar refractivity (Wildman–Crippen MR) is 135 cm³/mol. The molecule has 1 aliphatic heterocycles. The summed E-state index contributed by atoms with van der Waals surface area (Å²) in [4.78, 5) is 19.3. The summed E-state index contributed by atoms with van der Waals surface area (Å²) in [6, 6.07) is 18.1. The van der Waals surface area contributed by atoms with Crippen LogP contribution in [0.25, 0.3) is 11.4 Å². The van der Waals surface area contributed by atoms with Crippen LogP contribution >= 0.6 is 11.8 Å². The number of carbonyl (C=O) groups is 1. The molecule has 0 atom stereocenters. The van der Waals surface area contributed by atoms with Gasteiger partial charge in [-0.25, -0.2) is 0 Å². The first-order chi connectivity index (χ1) is 16.7. The van der Waals surface area contributed by atoms with Gasteiger partial charge >= 0.3 is 0 Å². The molecule has 8 heteroatoms. The molecule has 2 heterocycles. The van der Waals surface area contributed by atoms with Crippen molar-refractivity contribution in [2.24, 2.45) is 5.92 Å². The van der Waals surface area contributed by atoms with Crippen LogP contribution in [-0.4, -0.2) is 53.4 Å². The second-order valence-corrected chi connectivity index (χ2v) is 9.58. The van der Waals surface area contributed by atoms with E-state index in [4.69, 9.17) is 9.26 Å². The van der Waals surface area contributed by atoms with E-state index in [2.05, 4.69) is 44.6 Å². The number of amides is 1. The van der Waals surface area contributed by atoms with Gasteiger partial charge in [-0.1, -0.05) is 35.5 Å². The first kappa shape index (κ1) is 24.3. The normalized spacial score (nSPS) is 14.7. The number of likely N-dealkylation sites (tertiary alicyclic amines) is 1. The van der Waals surface area contributed by atoms with Gasteiger partial charge in [-0.2, -0.15) is 16.7 Å². The quantitative estimate of drug-likeness (QED) is 0.408. The third-order valence-corrected chi connectivity index (χ3v) is 7.12. The minimum atomic E-state index is 0.0887. The number of rotatable bonds is 11. The van der Waals surface area contributed by atoms with E-state index < -0.39 is 0 Å². The first-order valence-corrected chi connectivity index (χ1v) is 13.0. The summed E-state index contributed by atoms with van der Waals surface area (Å²) in [5.74, 6) is 4.32. The van der Waals surface area contributed by atoms with Crippen LogP contribution in [0.15, 0.2) is 59.1 Å². The standard InChI is InChI=1S/C26H32N4O3S/c1-32-23-10-8-21(9-11-23)25-28-24(33-29-25)18-30-15-12-22(13-16-30)26(31)27-14-5-17-34-19-20-6-3-2-4-7-20/h2-4,6-11,22H,5,12-19H2,1H3,(H,27,31). The van der Waals surface area contributed by atoms with Crippen LogP contribution in [0.2, 0.25) is 0 Å². The van der Waals surface area contributed by atoms with Crippen LogP contribution in [0.1, 0.15) is 30.7 Å². The molecule has 0 aliphatic carbocycles. The number of benzene rings is 2. The Morgan fingerprint density at radius 2 is 1.91 bits per heavy atom. The summed E-state index contributed by atoms with van der Waals surface area (Å²) in [5, 5.41) is 7.23. The molecule has 1 aromatic heterocycles. The summed E-state index contributed by atoms with van der Waals surface area (Å²) < 4.78 is 10.6. The highest BCUT2D eigenvalue weighted by Crippen LogP contribution is 2.22. The lowest BCUT2D eigenvalue weighted by Gasteiger charge is -2.30. The minimum absolute atomic E-state index is 0.0887. The van der Waals surface area contributed by atoms with E-state index in [-0.39, 0.29) is 11.8 Å². The molecular weight excluding hydrogens is 448 g/mol. The lowest BCUT2D eigenvalue weighted by atomic mass is 9.96. The Morgan fingerprint density at radius 3 is 2.65 bits per heavy atom. The summed E-state index contributed by atoms with van der Waals surface area (Å²) in [6.07, 6.45) is 2.71. The van der Waals surface area contributed by atoms with Crippen molar-refractivity contribution in [2.75, 3.05) is 32.5 Å². The Morgan fingerprint density at radius 1 is 1.15 bits per heavy atom. The van der Waals surface area contributed by atoms with Crippen LogP contribution in [-0.2, 0) is 17.1 Å². The third-order valence-electron chi connectivity index (χ3n) is 6.01.